The maximum atomic E-state index is 13.0. The van der Waals surface area contributed by atoms with E-state index in [1.807, 2.05) is 0 Å². The Morgan fingerprint density at radius 3 is 2.40 bits per heavy atom. The number of aliphatic hydroxyl groups excluding tert-OH is 1. The summed E-state index contributed by atoms with van der Waals surface area (Å²) in [7, 11) is 0. The SMILES string of the molecule is CC(=O)Nc1cc(/C(O)=C/C(=O)C(=O)O)n(Cc2ccc(F)cc2)c1. The Labute approximate surface area is 142 Å². The van der Waals surface area contributed by atoms with Gasteiger partial charge in [-0.05, 0) is 23.8 Å². The van der Waals surface area contributed by atoms with Gasteiger partial charge in [-0.25, -0.2) is 9.18 Å². The number of hydrogen-bond acceptors (Lipinski definition) is 4. The Balaban J connectivity index is 2.40. The van der Waals surface area contributed by atoms with E-state index in [9.17, 15) is 23.9 Å². The van der Waals surface area contributed by atoms with Crippen molar-refractivity contribution in [3.63, 3.8) is 0 Å². The van der Waals surface area contributed by atoms with Crippen LogP contribution in [0.4, 0.5) is 10.1 Å². The summed E-state index contributed by atoms with van der Waals surface area (Å²) in [6, 6.07) is 7.03. The quantitative estimate of drug-likeness (QED) is 0.422. The third kappa shape index (κ3) is 4.77. The van der Waals surface area contributed by atoms with Crippen molar-refractivity contribution in [2.24, 2.45) is 0 Å². The summed E-state index contributed by atoms with van der Waals surface area (Å²) < 4.78 is 14.5. The Kier molecular flexibility index (Phi) is 5.33. The number of aromatic nitrogens is 1. The minimum atomic E-state index is -1.70. The minimum absolute atomic E-state index is 0.127. The average molecular weight is 346 g/mol. The second-order valence-corrected chi connectivity index (χ2v) is 5.25. The van der Waals surface area contributed by atoms with Crippen molar-refractivity contribution in [3.05, 3.63) is 59.7 Å². The second kappa shape index (κ2) is 7.43. The van der Waals surface area contributed by atoms with Gasteiger partial charge in [0.05, 0.1) is 11.4 Å². The topological polar surface area (TPSA) is 109 Å². The zero-order valence-electron chi connectivity index (χ0n) is 13.2. The standard InChI is InChI=1S/C17H15FN2O5/c1-10(21)19-13-6-14(15(22)7-16(23)17(24)25)20(9-13)8-11-2-4-12(18)5-3-11/h2-7,9,22H,8H2,1H3,(H,19,21)(H,24,25)/b15-7-. The van der Waals surface area contributed by atoms with E-state index in [1.54, 1.807) is 12.1 Å². The van der Waals surface area contributed by atoms with E-state index >= 15 is 0 Å². The number of carbonyl (C=O) groups is 3. The van der Waals surface area contributed by atoms with Gasteiger partial charge in [0.15, 0.2) is 0 Å². The highest BCUT2D eigenvalue weighted by Gasteiger charge is 2.15. The summed E-state index contributed by atoms with van der Waals surface area (Å²) >= 11 is 0. The van der Waals surface area contributed by atoms with Crippen LogP contribution in [-0.4, -0.2) is 32.4 Å². The summed E-state index contributed by atoms with van der Waals surface area (Å²) in [5.74, 6) is -4.29. The Hall–Kier alpha value is -3.42. The first-order valence-electron chi connectivity index (χ1n) is 7.16. The molecule has 25 heavy (non-hydrogen) atoms. The molecule has 1 aromatic heterocycles. The Morgan fingerprint density at radius 1 is 1.20 bits per heavy atom. The highest BCUT2D eigenvalue weighted by Crippen LogP contribution is 2.22. The maximum Gasteiger partial charge on any atom is 0.376 e. The van der Waals surface area contributed by atoms with E-state index < -0.39 is 23.3 Å². The molecule has 0 aliphatic rings. The van der Waals surface area contributed by atoms with E-state index in [1.165, 1.54) is 35.9 Å². The molecule has 0 saturated heterocycles. The predicted octanol–water partition coefficient (Wildman–Crippen LogP) is 2.19. The van der Waals surface area contributed by atoms with Crippen LogP contribution in [0.5, 0.6) is 0 Å². The van der Waals surface area contributed by atoms with Crippen LogP contribution in [0.3, 0.4) is 0 Å². The zero-order valence-corrected chi connectivity index (χ0v) is 13.2. The van der Waals surface area contributed by atoms with Crippen LogP contribution in [0.1, 0.15) is 18.2 Å². The van der Waals surface area contributed by atoms with Gasteiger partial charge in [0, 0.05) is 25.7 Å². The van der Waals surface area contributed by atoms with Crippen LogP contribution in [0.25, 0.3) is 5.76 Å². The van der Waals surface area contributed by atoms with Crippen LogP contribution < -0.4 is 5.32 Å². The van der Waals surface area contributed by atoms with Gasteiger partial charge in [0.1, 0.15) is 11.6 Å². The fourth-order valence-electron chi connectivity index (χ4n) is 2.17. The van der Waals surface area contributed by atoms with Crippen molar-refractivity contribution < 1.29 is 29.0 Å². The van der Waals surface area contributed by atoms with Gasteiger partial charge in [-0.3, -0.25) is 9.59 Å². The third-order valence-corrected chi connectivity index (χ3v) is 3.22. The van der Waals surface area contributed by atoms with Crippen molar-refractivity contribution in [2.75, 3.05) is 5.32 Å². The number of nitrogens with one attached hydrogen (secondary N) is 1. The number of anilines is 1. The molecule has 0 radical (unpaired) electrons. The fraction of sp³-hybridized carbons (Fsp3) is 0.118. The van der Waals surface area contributed by atoms with Crippen LogP contribution in [0, 0.1) is 5.82 Å². The number of benzene rings is 1. The summed E-state index contributed by atoms with van der Waals surface area (Å²) in [6.07, 6.45) is 2.09. The molecule has 1 aromatic carbocycles. The normalized spacial score (nSPS) is 11.2. The molecule has 2 aromatic rings. The molecule has 8 heteroatoms. The summed E-state index contributed by atoms with van der Waals surface area (Å²) in [4.78, 5) is 33.1. The van der Waals surface area contributed by atoms with Crippen molar-refractivity contribution in [1.29, 1.82) is 0 Å². The number of carbonyl (C=O) groups excluding carboxylic acids is 2. The van der Waals surface area contributed by atoms with Gasteiger partial charge < -0.3 is 20.1 Å². The first-order valence-corrected chi connectivity index (χ1v) is 7.16. The molecule has 7 nitrogen and oxygen atoms in total. The van der Waals surface area contributed by atoms with E-state index in [0.717, 1.165) is 0 Å². The lowest BCUT2D eigenvalue weighted by Crippen LogP contribution is -2.10. The lowest BCUT2D eigenvalue weighted by molar-refractivity contribution is -0.146. The van der Waals surface area contributed by atoms with Gasteiger partial charge in [-0.2, -0.15) is 0 Å². The molecule has 0 bridgehead atoms. The number of amides is 1. The first-order chi connectivity index (χ1) is 11.8. The number of aliphatic hydroxyl groups is 1. The van der Waals surface area contributed by atoms with Crippen molar-refractivity contribution in [3.8, 4) is 0 Å². The smallest absolute Gasteiger partial charge is 0.376 e. The fourth-order valence-corrected chi connectivity index (χ4v) is 2.17. The maximum absolute atomic E-state index is 13.0. The monoisotopic (exact) mass is 346 g/mol. The third-order valence-electron chi connectivity index (χ3n) is 3.22. The lowest BCUT2D eigenvalue weighted by atomic mass is 10.2. The molecule has 0 unspecified atom stereocenters. The Morgan fingerprint density at radius 2 is 1.84 bits per heavy atom. The number of ketones is 1. The molecule has 3 N–H and O–H groups in total. The largest absolute Gasteiger partial charge is 0.506 e. The van der Waals surface area contributed by atoms with E-state index in [0.29, 0.717) is 17.3 Å². The summed E-state index contributed by atoms with van der Waals surface area (Å²) in [6.45, 7) is 1.51. The van der Waals surface area contributed by atoms with Crippen molar-refractivity contribution in [1.82, 2.24) is 4.57 Å². The first kappa shape index (κ1) is 17.9. The minimum Gasteiger partial charge on any atom is -0.506 e. The van der Waals surface area contributed by atoms with Crippen LogP contribution >= 0.6 is 0 Å². The number of carboxylic acids is 1. The van der Waals surface area contributed by atoms with Gasteiger partial charge >= 0.3 is 5.97 Å². The van der Waals surface area contributed by atoms with Crippen LogP contribution in [-0.2, 0) is 20.9 Å². The van der Waals surface area contributed by atoms with Gasteiger partial charge in [-0.1, -0.05) is 12.1 Å². The van der Waals surface area contributed by atoms with Gasteiger partial charge in [0.25, 0.3) is 5.78 Å². The van der Waals surface area contributed by atoms with E-state index in [2.05, 4.69) is 5.32 Å². The molecular formula is C17H15FN2O5. The molecule has 0 fully saturated rings. The molecule has 1 heterocycles. The van der Waals surface area contributed by atoms with E-state index in [-0.39, 0.29) is 18.1 Å². The number of carboxylic acid groups (broad SMARTS) is 1. The number of halogens is 1. The number of aliphatic carboxylic acids is 1. The van der Waals surface area contributed by atoms with E-state index in [4.69, 9.17) is 5.11 Å². The van der Waals surface area contributed by atoms with Crippen molar-refractivity contribution >= 4 is 29.1 Å². The molecular weight excluding hydrogens is 331 g/mol. The summed E-state index contributed by atoms with van der Waals surface area (Å²) in [5, 5.41) is 21.2. The molecule has 0 saturated carbocycles. The average Bonchev–Trinajstić information content (AvgIpc) is 2.91. The predicted molar refractivity (Wildman–Crippen MR) is 87.5 cm³/mol. The molecule has 0 spiro atoms. The molecule has 130 valence electrons. The zero-order chi connectivity index (χ0) is 18.6. The molecule has 0 aliphatic heterocycles. The second-order valence-electron chi connectivity index (χ2n) is 5.25. The molecule has 2 rings (SSSR count). The van der Waals surface area contributed by atoms with Crippen LogP contribution in [0.15, 0.2) is 42.6 Å². The van der Waals surface area contributed by atoms with Gasteiger partial charge in [-0.15, -0.1) is 0 Å². The number of hydrogen-bond donors (Lipinski definition) is 3. The Bertz CT molecular complexity index is 852. The molecule has 0 atom stereocenters. The highest BCUT2D eigenvalue weighted by atomic mass is 19.1. The van der Waals surface area contributed by atoms with Crippen molar-refractivity contribution in [2.45, 2.75) is 13.5 Å². The molecule has 0 aliphatic carbocycles. The van der Waals surface area contributed by atoms with Crippen LogP contribution in [0.2, 0.25) is 0 Å². The van der Waals surface area contributed by atoms with Gasteiger partial charge in [0.2, 0.25) is 5.91 Å². The molecule has 1 amide bonds. The highest BCUT2D eigenvalue weighted by molar-refractivity contribution is 6.38. The lowest BCUT2D eigenvalue weighted by Gasteiger charge is -2.08. The number of rotatable bonds is 6. The summed E-state index contributed by atoms with van der Waals surface area (Å²) in [5.41, 5.74) is 1.18. The number of nitrogens with zero attached hydrogens (tertiary/aromatic N) is 1.